The SMILES string of the molecule is COc1ccc2cc1Oc1ccc(cc1)C[C@H]1c3c(cc4c(c3Oc3cc5c(cc3OC)CCN(C)[C@@H]5C2)O[14CH2]O4)CCN1C. The van der Waals surface area contributed by atoms with Crippen LogP contribution in [0.2, 0.25) is 0 Å². The quantitative estimate of drug-likeness (QED) is 0.244. The molecule has 0 saturated heterocycles. The number of nitrogens with zero attached hydrogens (tertiary/aromatic N) is 2. The number of likely N-dealkylation sites (N-methyl/N-ethyl adjacent to an activating group) is 2. The molecular weight excluding hydrogens is 570 g/mol. The number of hydrogen-bond acceptors (Lipinski definition) is 8. The maximum Gasteiger partial charge on any atom is 0.231 e. The van der Waals surface area contributed by atoms with Gasteiger partial charge in [-0.1, -0.05) is 18.2 Å². The highest BCUT2D eigenvalue weighted by atomic mass is 16.9. The van der Waals surface area contributed by atoms with Gasteiger partial charge < -0.3 is 28.4 Å². The smallest absolute Gasteiger partial charge is 0.231 e. The lowest BCUT2D eigenvalue weighted by Crippen LogP contribution is -2.34. The molecule has 0 aromatic heterocycles. The Morgan fingerprint density at radius 3 is 2.18 bits per heavy atom. The van der Waals surface area contributed by atoms with E-state index >= 15 is 0 Å². The minimum absolute atomic E-state index is 0.0724. The molecule has 45 heavy (non-hydrogen) atoms. The minimum Gasteiger partial charge on any atom is -0.493 e. The molecule has 0 saturated carbocycles. The first-order chi connectivity index (χ1) is 22.0. The van der Waals surface area contributed by atoms with Crippen LogP contribution >= 0.6 is 0 Å². The van der Waals surface area contributed by atoms with Crippen molar-refractivity contribution in [2.24, 2.45) is 0 Å². The third kappa shape index (κ3) is 4.93. The van der Waals surface area contributed by atoms with Gasteiger partial charge in [-0.25, -0.2) is 0 Å². The average molecular weight is 609 g/mol. The fourth-order valence-electron chi connectivity index (χ4n) is 7.33. The predicted octanol–water partition coefficient (Wildman–Crippen LogP) is 6.87. The molecule has 4 aromatic carbocycles. The maximum absolute atomic E-state index is 7.00. The first-order valence-corrected chi connectivity index (χ1v) is 15.7. The van der Waals surface area contributed by atoms with E-state index in [0.717, 1.165) is 67.1 Å². The van der Waals surface area contributed by atoms with Gasteiger partial charge >= 0.3 is 0 Å². The Kier molecular flexibility index (Phi) is 6.99. The summed E-state index contributed by atoms with van der Waals surface area (Å²) in [4.78, 5) is 4.83. The third-order valence-electron chi connectivity index (χ3n) is 9.84. The second-order valence-electron chi connectivity index (χ2n) is 12.4. The highest BCUT2D eigenvalue weighted by molar-refractivity contribution is 5.64. The van der Waals surface area contributed by atoms with Crippen molar-refractivity contribution in [3.05, 3.63) is 94.0 Å². The topological polar surface area (TPSA) is 61.9 Å². The van der Waals surface area contributed by atoms with E-state index in [1.54, 1.807) is 14.2 Å². The number of benzene rings is 4. The molecule has 0 N–H and O–H groups in total. The van der Waals surface area contributed by atoms with Crippen molar-refractivity contribution in [3.63, 3.8) is 0 Å². The first kappa shape index (κ1) is 28.1. The summed E-state index contributed by atoms with van der Waals surface area (Å²) in [5.41, 5.74) is 7.25. The monoisotopic (exact) mass is 608 g/mol. The third-order valence-corrected chi connectivity index (χ3v) is 9.84. The molecule has 4 aromatic rings. The van der Waals surface area contributed by atoms with Gasteiger partial charge in [-0.15, -0.1) is 0 Å². The Hall–Kier alpha value is -4.40. The summed E-state index contributed by atoms with van der Waals surface area (Å²) >= 11 is 0. The Balaban J connectivity index is 1.34. The predicted molar refractivity (Wildman–Crippen MR) is 171 cm³/mol. The number of hydrogen-bond donors (Lipinski definition) is 0. The molecule has 6 bridgehead atoms. The zero-order chi connectivity index (χ0) is 30.7. The molecule has 8 heteroatoms. The second kappa shape index (κ2) is 11.2. The van der Waals surface area contributed by atoms with Gasteiger partial charge in [0.25, 0.3) is 0 Å². The lowest BCUT2D eigenvalue weighted by molar-refractivity contribution is 0.171. The molecule has 0 spiro atoms. The lowest BCUT2D eigenvalue weighted by atomic mass is 9.87. The van der Waals surface area contributed by atoms with E-state index in [9.17, 15) is 0 Å². The summed E-state index contributed by atoms with van der Waals surface area (Å²) in [7, 11) is 7.77. The maximum atomic E-state index is 7.00. The van der Waals surface area contributed by atoms with Gasteiger partial charge in [0.15, 0.2) is 34.5 Å². The van der Waals surface area contributed by atoms with Crippen LogP contribution in [0.25, 0.3) is 0 Å². The molecule has 0 amide bonds. The van der Waals surface area contributed by atoms with Crippen LogP contribution in [0.4, 0.5) is 0 Å². The summed E-state index contributed by atoms with van der Waals surface area (Å²) in [5.74, 6) is 5.71. The molecule has 0 aliphatic carbocycles. The summed E-state index contributed by atoms with van der Waals surface area (Å²) < 4.78 is 37.1. The van der Waals surface area contributed by atoms with E-state index in [-0.39, 0.29) is 18.9 Å². The molecule has 8 nitrogen and oxygen atoms in total. The van der Waals surface area contributed by atoms with Crippen molar-refractivity contribution in [2.75, 3.05) is 48.2 Å². The number of ether oxygens (including phenoxy) is 6. The molecule has 5 heterocycles. The molecule has 5 aliphatic rings. The highest BCUT2D eigenvalue weighted by Crippen LogP contribution is 2.53. The molecule has 0 fully saturated rings. The van der Waals surface area contributed by atoms with Gasteiger partial charge in [0.05, 0.1) is 14.2 Å². The number of rotatable bonds is 2. The molecular formula is C37H38N2O6. The zero-order valence-corrected chi connectivity index (χ0v) is 26.2. The van der Waals surface area contributed by atoms with E-state index in [1.165, 1.54) is 22.3 Å². The highest BCUT2D eigenvalue weighted by Gasteiger charge is 2.36. The van der Waals surface area contributed by atoms with Crippen LogP contribution in [0.3, 0.4) is 0 Å². The van der Waals surface area contributed by atoms with Crippen molar-refractivity contribution in [3.8, 4) is 46.0 Å². The lowest BCUT2D eigenvalue weighted by Gasteiger charge is -2.37. The Morgan fingerprint density at radius 1 is 0.667 bits per heavy atom. The van der Waals surface area contributed by atoms with Crippen molar-refractivity contribution < 1.29 is 28.4 Å². The molecule has 2 atom stereocenters. The van der Waals surface area contributed by atoms with Gasteiger partial charge in [-0.05, 0) is 110 Å². The van der Waals surface area contributed by atoms with Crippen LogP contribution in [0.1, 0.15) is 45.5 Å². The summed E-state index contributed by atoms with van der Waals surface area (Å²) in [6.45, 7) is 2.06. The van der Waals surface area contributed by atoms with E-state index in [0.29, 0.717) is 28.7 Å². The molecule has 5 aliphatic heterocycles. The van der Waals surface area contributed by atoms with Crippen molar-refractivity contribution >= 4 is 0 Å². The van der Waals surface area contributed by atoms with Crippen LogP contribution in [-0.2, 0) is 25.7 Å². The molecule has 0 radical (unpaired) electrons. The fourth-order valence-corrected chi connectivity index (χ4v) is 7.33. The average Bonchev–Trinajstić information content (AvgIpc) is 3.53. The minimum atomic E-state index is 0.0724. The van der Waals surface area contributed by atoms with Crippen LogP contribution < -0.4 is 28.4 Å². The normalized spacial score (nSPS) is 20.4. The van der Waals surface area contributed by atoms with Gasteiger partial charge in [0, 0.05) is 30.7 Å². The largest absolute Gasteiger partial charge is 0.493 e. The Labute approximate surface area is 264 Å². The number of fused-ring (bicyclic) bond motifs is 3. The van der Waals surface area contributed by atoms with Crippen LogP contribution in [0, 0.1) is 0 Å². The van der Waals surface area contributed by atoms with Crippen molar-refractivity contribution in [1.82, 2.24) is 9.80 Å². The van der Waals surface area contributed by atoms with E-state index < -0.39 is 0 Å². The molecule has 232 valence electrons. The van der Waals surface area contributed by atoms with E-state index in [2.05, 4.69) is 66.4 Å². The van der Waals surface area contributed by atoms with Gasteiger partial charge in [-0.2, -0.15) is 0 Å². The summed E-state index contributed by atoms with van der Waals surface area (Å²) in [6.07, 6.45) is 3.43. The second-order valence-corrected chi connectivity index (χ2v) is 12.4. The number of methoxy groups -OCH3 is 2. The van der Waals surface area contributed by atoms with E-state index in [1.807, 2.05) is 18.2 Å². The fraction of sp³-hybridized carbons (Fsp3) is 0.351. The van der Waals surface area contributed by atoms with E-state index in [4.69, 9.17) is 28.4 Å². The molecule has 9 rings (SSSR count). The Morgan fingerprint density at radius 2 is 1.38 bits per heavy atom. The standard InChI is InChI=1S/C37H38N2O6/c1-38-13-11-24-18-31(41-4)33-20-27(24)28(38)16-23-7-10-30(40-3)32(17-23)44-26-8-5-22(6-9-26)15-29-35-25(12-14-39(29)2)19-34-36(37(35)45-33)43-21-42-34/h5-10,17-20,28-29H,11-16,21H2,1-4H3/t28-,29+/m1/s1/i21+2. The Bertz CT molecular complexity index is 1770. The van der Waals surface area contributed by atoms with Gasteiger partial charge in [0.2, 0.25) is 12.5 Å². The van der Waals surface area contributed by atoms with Gasteiger partial charge in [-0.3, -0.25) is 9.80 Å². The summed E-state index contributed by atoms with van der Waals surface area (Å²) in [5, 5.41) is 0. The first-order valence-electron chi connectivity index (χ1n) is 15.7. The van der Waals surface area contributed by atoms with Gasteiger partial charge in [0.1, 0.15) is 5.75 Å². The van der Waals surface area contributed by atoms with Crippen LogP contribution in [0.5, 0.6) is 46.0 Å². The van der Waals surface area contributed by atoms with Crippen LogP contribution in [-0.4, -0.2) is 58.0 Å². The molecule has 0 unspecified atom stereocenters. The summed E-state index contributed by atoms with van der Waals surface area (Å²) in [6, 6.07) is 21.3. The van der Waals surface area contributed by atoms with Crippen LogP contribution in [0.15, 0.2) is 60.7 Å². The van der Waals surface area contributed by atoms with Crippen molar-refractivity contribution in [1.29, 1.82) is 0 Å². The van der Waals surface area contributed by atoms with Crippen molar-refractivity contribution in [2.45, 2.75) is 37.8 Å². The zero-order valence-electron chi connectivity index (χ0n) is 26.2.